The van der Waals surface area contributed by atoms with E-state index in [0.29, 0.717) is 45.2 Å². The second-order valence-electron chi connectivity index (χ2n) is 16.8. The van der Waals surface area contributed by atoms with Crippen LogP contribution in [0.4, 0.5) is 9.59 Å². The fraction of sp³-hybridized carbons (Fsp3) is 0.625. The molecule has 6 aliphatic rings. The average molecular weight is 780 g/mol. The number of hydrogen-bond donors (Lipinski definition) is 3. The van der Waals surface area contributed by atoms with Crippen LogP contribution in [0.25, 0.3) is 6.08 Å². The van der Waals surface area contributed by atoms with Crippen molar-refractivity contribution in [1.82, 2.24) is 25.2 Å². The zero-order chi connectivity index (χ0) is 39.0. The molecule has 0 radical (unpaired) electrons. The monoisotopic (exact) mass is 779 g/mol. The maximum Gasteiger partial charge on any atom is 0.410 e. The number of hydrogen-bond acceptors (Lipinski definition) is 9. The molecule has 0 spiro atoms. The van der Waals surface area contributed by atoms with Gasteiger partial charge in [-0.2, -0.15) is 0 Å². The third-order valence-corrected chi connectivity index (χ3v) is 13.6. The Morgan fingerprint density at radius 2 is 1.78 bits per heavy atom. The van der Waals surface area contributed by atoms with Crippen LogP contribution in [0.3, 0.4) is 0 Å². The summed E-state index contributed by atoms with van der Waals surface area (Å²) in [6, 6.07) is 3.78. The van der Waals surface area contributed by atoms with Crippen molar-refractivity contribution in [1.29, 1.82) is 0 Å². The number of allylic oxidation sites excluding steroid dienone is 2. The van der Waals surface area contributed by atoms with E-state index in [0.717, 1.165) is 48.8 Å². The lowest BCUT2D eigenvalue weighted by Crippen LogP contribution is -2.58. The van der Waals surface area contributed by atoms with Gasteiger partial charge < -0.3 is 25.0 Å². The van der Waals surface area contributed by atoms with Crippen molar-refractivity contribution >= 4 is 46.0 Å². The van der Waals surface area contributed by atoms with Gasteiger partial charge in [0.05, 0.1) is 24.9 Å². The average Bonchev–Trinajstić information content (AvgIpc) is 4.02. The minimum absolute atomic E-state index is 0.0535. The lowest BCUT2D eigenvalue weighted by molar-refractivity contribution is -0.141. The van der Waals surface area contributed by atoms with Crippen LogP contribution in [-0.2, 0) is 47.0 Å². The van der Waals surface area contributed by atoms with Crippen molar-refractivity contribution in [2.45, 2.75) is 133 Å². The number of nitrogens with zero attached hydrogens (tertiary/aromatic N) is 2. The zero-order valence-electron chi connectivity index (χ0n) is 31.7. The molecule has 7 rings (SSSR count). The molecule has 298 valence electrons. The first-order valence-electron chi connectivity index (χ1n) is 19.8. The van der Waals surface area contributed by atoms with Gasteiger partial charge in [-0.1, -0.05) is 69.2 Å². The van der Waals surface area contributed by atoms with Crippen molar-refractivity contribution in [3.8, 4) is 0 Å². The van der Waals surface area contributed by atoms with Gasteiger partial charge in [-0.3, -0.25) is 24.0 Å². The Balaban J connectivity index is 1.18. The van der Waals surface area contributed by atoms with E-state index in [2.05, 4.69) is 27.5 Å². The molecule has 15 heteroatoms. The Morgan fingerprint density at radius 3 is 2.58 bits per heavy atom. The Kier molecular flexibility index (Phi) is 11.0. The van der Waals surface area contributed by atoms with Gasteiger partial charge in [0.2, 0.25) is 21.8 Å². The first-order valence-corrected chi connectivity index (χ1v) is 21.3. The van der Waals surface area contributed by atoms with Crippen molar-refractivity contribution in [2.24, 2.45) is 11.3 Å². The quantitative estimate of drug-likeness (QED) is 0.374. The fourth-order valence-electron chi connectivity index (χ4n) is 8.22. The van der Waals surface area contributed by atoms with E-state index in [1.165, 1.54) is 4.90 Å². The van der Waals surface area contributed by atoms with Gasteiger partial charge in [-0.25, -0.2) is 18.0 Å². The molecule has 2 saturated carbocycles. The van der Waals surface area contributed by atoms with Crippen LogP contribution in [0, 0.1) is 11.3 Å². The van der Waals surface area contributed by atoms with Crippen LogP contribution in [0.1, 0.15) is 108 Å². The van der Waals surface area contributed by atoms with Crippen LogP contribution in [0.2, 0.25) is 0 Å². The highest BCUT2D eigenvalue weighted by atomic mass is 32.2. The molecule has 4 heterocycles. The second kappa shape index (κ2) is 15.6. The van der Waals surface area contributed by atoms with Gasteiger partial charge in [0, 0.05) is 18.9 Å². The number of ether oxygens (including phenoxy) is 2. The zero-order valence-corrected chi connectivity index (χ0v) is 32.5. The van der Waals surface area contributed by atoms with Crippen molar-refractivity contribution in [3.05, 3.63) is 53.1 Å². The number of sulfonamides is 1. The summed E-state index contributed by atoms with van der Waals surface area (Å²) >= 11 is 0. The van der Waals surface area contributed by atoms with Crippen LogP contribution in [0.5, 0.6) is 0 Å². The van der Waals surface area contributed by atoms with Gasteiger partial charge in [0.15, 0.2) is 0 Å². The van der Waals surface area contributed by atoms with Crippen LogP contribution < -0.4 is 15.4 Å². The maximum absolute atomic E-state index is 14.5. The number of benzene rings is 1. The molecule has 3 N–H and O–H groups in total. The summed E-state index contributed by atoms with van der Waals surface area (Å²) in [5, 5.41) is 4.98. The lowest BCUT2D eigenvalue weighted by atomic mass is 9.88. The van der Waals surface area contributed by atoms with Crippen LogP contribution in [0.15, 0.2) is 36.4 Å². The van der Waals surface area contributed by atoms with E-state index in [-0.39, 0.29) is 31.4 Å². The fourth-order valence-corrected chi connectivity index (χ4v) is 9.59. The van der Waals surface area contributed by atoms with Gasteiger partial charge in [0.1, 0.15) is 23.7 Å². The van der Waals surface area contributed by atoms with E-state index >= 15 is 0 Å². The van der Waals surface area contributed by atoms with Crippen LogP contribution >= 0.6 is 0 Å². The molecule has 55 heavy (non-hydrogen) atoms. The smallest absolute Gasteiger partial charge is 0.410 e. The third-order valence-electron chi connectivity index (χ3n) is 11.8. The number of carbonyl (C=O) groups excluding carboxylic acids is 5. The predicted octanol–water partition coefficient (Wildman–Crippen LogP) is 4.43. The molecule has 5 amide bonds. The van der Waals surface area contributed by atoms with Crippen molar-refractivity contribution < 1.29 is 41.9 Å². The number of fused-ring (bicyclic) bond motifs is 4. The van der Waals surface area contributed by atoms with Crippen LogP contribution in [-0.4, -0.2) is 90.3 Å². The molecule has 1 aromatic carbocycles. The van der Waals surface area contributed by atoms with E-state index < -0.39 is 74.8 Å². The third kappa shape index (κ3) is 8.86. The Labute approximate surface area is 322 Å². The highest BCUT2D eigenvalue weighted by Gasteiger charge is 2.62. The van der Waals surface area contributed by atoms with Gasteiger partial charge >= 0.3 is 12.2 Å². The molecule has 2 aliphatic carbocycles. The van der Waals surface area contributed by atoms with E-state index in [9.17, 15) is 32.4 Å². The molecule has 5 atom stereocenters. The molecule has 1 saturated heterocycles. The first-order chi connectivity index (χ1) is 26.2. The van der Waals surface area contributed by atoms with Gasteiger partial charge in [-0.05, 0) is 79.9 Å². The second-order valence-corrected chi connectivity index (χ2v) is 18.8. The molecule has 1 aromatic rings. The normalized spacial score (nSPS) is 31.6. The first kappa shape index (κ1) is 38.9. The van der Waals surface area contributed by atoms with E-state index in [4.69, 9.17) is 9.47 Å². The summed E-state index contributed by atoms with van der Waals surface area (Å²) in [5.41, 5.74) is 1.24. The predicted molar refractivity (Wildman–Crippen MR) is 202 cm³/mol. The summed E-state index contributed by atoms with van der Waals surface area (Å²) in [4.78, 5) is 72.4. The van der Waals surface area contributed by atoms with E-state index in [1.54, 1.807) is 4.90 Å². The van der Waals surface area contributed by atoms with Crippen molar-refractivity contribution in [3.63, 3.8) is 0 Å². The lowest BCUT2D eigenvalue weighted by Gasteiger charge is -2.30. The highest BCUT2D eigenvalue weighted by Crippen LogP contribution is 2.46. The molecule has 0 aromatic heterocycles. The molecular formula is C40H53N5O9S. The Hall–Kier alpha value is -4.40. The molecule has 3 fully saturated rings. The molecule has 14 nitrogen and oxygen atoms in total. The standard InChI is InChI=1S/C40H53N5O9S/c1-39(2)19-10-6-7-12-26-13-11-14-27-22-44(24-31(26)27)38(50)54-29-20-33-34(46)42-40(36(48)43-55(51,52)30-17-18-30)21-28(40)15-8-4-3-5-9-16-32(35(47)45(33)23-29)41-37(49)53-25-39/h7-8,11-15,28-30,32-33H,3-6,9-10,16-25H2,1-2H3,(H,41,49)(H,42,46)(H,43,48)/b12-7+,15-8-/t28-,29-,32+,33+,40-/m1/s1. The highest BCUT2D eigenvalue weighted by molar-refractivity contribution is 7.91. The number of rotatable bonds is 3. The number of alkyl carbamates (subject to hydrolysis) is 1. The number of nitrogens with one attached hydrogen (secondary N) is 3. The molecule has 4 aliphatic heterocycles. The minimum Gasteiger partial charge on any atom is -0.449 e. The SMILES string of the molecule is CC1(C)CCC/C=C/c2cccc3c2CN(C3)C(=O)O[C@@H]2C[C@H]3C(=O)N[C@]4(C(=O)NS(=O)(=O)C5CC5)C[C@H]4/C=C\CCCCC[C@H](NC(=O)OC1)C(=O)N3C2. The summed E-state index contributed by atoms with van der Waals surface area (Å²) in [5.74, 6) is -2.45. The summed E-state index contributed by atoms with van der Waals surface area (Å²) in [6.45, 7) is 4.80. The minimum atomic E-state index is -3.90. The topological polar surface area (TPSA) is 181 Å². The number of carbonyl (C=O) groups is 5. The summed E-state index contributed by atoms with van der Waals surface area (Å²) in [6.07, 6.45) is 12.5. The van der Waals surface area contributed by atoms with Crippen molar-refractivity contribution in [2.75, 3.05) is 13.2 Å². The summed E-state index contributed by atoms with van der Waals surface area (Å²) in [7, 11) is -3.90. The molecule has 5 bridgehead atoms. The Morgan fingerprint density at radius 1 is 0.982 bits per heavy atom. The number of cyclic esters (lactones) is 1. The maximum atomic E-state index is 14.5. The molecular weight excluding hydrogens is 727 g/mol. The summed E-state index contributed by atoms with van der Waals surface area (Å²) < 4.78 is 39.5. The largest absolute Gasteiger partial charge is 0.449 e. The van der Waals surface area contributed by atoms with E-state index in [1.807, 2.05) is 44.2 Å². The van der Waals surface area contributed by atoms with Gasteiger partial charge in [-0.15, -0.1) is 0 Å². The Bertz CT molecular complexity index is 1870. The molecule has 0 unspecified atom stereocenters. The number of amides is 5. The van der Waals surface area contributed by atoms with Gasteiger partial charge in [0.25, 0.3) is 5.91 Å².